The van der Waals surface area contributed by atoms with Crippen molar-refractivity contribution < 1.29 is 25.0 Å². The van der Waals surface area contributed by atoms with E-state index in [4.69, 9.17) is 5.11 Å². The van der Waals surface area contributed by atoms with Crippen LogP contribution < -0.4 is 0 Å². The molecule has 0 radical (unpaired) electrons. The van der Waals surface area contributed by atoms with Crippen LogP contribution in [-0.2, 0) is 0 Å². The molecule has 0 saturated heterocycles. The van der Waals surface area contributed by atoms with Crippen LogP contribution in [0.15, 0.2) is 0 Å². The van der Waals surface area contributed by atoms with Gasteiger partial charge in [0.05, 0.1) is 52.4 Å². The molecule has 0 aromatic rings. The van der Waals surface area contributed by atoms with Gasteiger partial charge in [0.1, 0.15) is 0 Å². The molecule has 0 aliphatic rings. The van der Waals surface area contributed by atoms with E-state index in [1.54, 1.807) is 0 Å². The van der Waals surface area contributed by atoms with Crippen LogP contribution in [0.25, 0.3) is 0 Å². The molecule has 0 aliphatic carbocycles. The summed E-state index contributed by atoms with van der Waals surface area (Å²) in [5.41, 5.74) is 0. The zero-order chi connectivity index (χ0) is 23.8. The van der Waals surface area contributed by atoms with E-state index in [2.05, 4.69) is 48.5 Å². The van der Waals surface area contributed by atoms with Crippen molar-refractivity contribution in [2.75, 3.05) is 59.0 Å². The minimum absolute atomic E-state index is 0. The van der Waals surface area contributed by atoms with Gasteiger partial charge in [-0.15, -0.1) is 0 Å². The Hall–Kier alpha value is -0.200. The smallest absolute Gasteiger partial charge is 0.0787 e. The van der Waals surface area contributed by atoms with Gasteiger partial charge in [-0.25, -0.2) is 0 Å². The largest absolute Gasteiger partial charge is 0.870 e. The van der Waals surface area contributed by atoms with Crippen molar-refractivity contribution in [2.24, 2.45) is 0 Å². The highest BCUT2D eigenvalue weighted by Gasteiger charge is 2.25. The SMILES string of the molecule is CCCC[N+](CCCC)(CCCC)CCCCO.CCC[N+](CCC)(CCC)CCC.[OH-].[OH-]. The second-order valence-electron chi connectivity index (χ2n) is 9.96. The Kier molecular flexibility index (Phi) is 34.0. The lowest BCUT2D eigenvalue weighted by molar-refractivity contribution is -0.929. The van der Waals surface area contributed by atoms with Crippen LogP contribution in [0.1, 0.15) is 126 Å². The van der Waals surface area contributed by atoms with Crippen LogP contribution in [0.5, 0.6) is 0 Å². The van der Waals surface area contributed by atoms with E-state index in [0.717, 1.165) is 6.42 Å². The maximum atomic E-state index is 8.98. The van der Waals surface area contributed by atoms with E-state index in [1.165, 1.54) is 132 Å². The Balaban J connectivity index is -0.000000251. The zero-order valence-corrected chi connectivity index (χ0v) is 24.1. The standard InChI is InChI=1S/C16H36NO.C12H28N.2H2O/c1-4-7-12-17(13-8-5-2,14-9-6-3)15-10-11-16-18;1-5-9-13(10-6-2,11-7-3)12-8-4;;/h18H,4-16H2,1-3H3;5-12H2,1-4H3;2*1H2/q2*+1;;/p-2. The molecule has 0 rings (SSSR count). The first-order valence-corrected chi connectivity index (χ1v) is 14.3. The van der Waals surface area contributed by atoms with Crippen LogP contribution in [0.2, 0.25) is 0 Å². The van der Waals surface area contributed by atoms with Crippen molar-refractivity contribution in [1.29, 1.82) is 0 Å². The summed E-state index contributed by atoms with van der Waals surface area (Å²) in [6, 6.07) is 0. The fraction of sp³-hybridized carbons (Fsp3) is 1.00. The molecule has 0 unspecified atom stereocenters. The summed E-state index contributed by atoms with van der Waals surface area (Å²) in [6.07, 6.45) is 15.5. The molecule has 0 aliphatic heterocycles. The van der Waals surface area contributed by atoms with Gasteiger partial charge in [-0.3, -0.25) is 0 Å². The van der Waals surface area contributed by atoms with Gasteiger partial charge in [0.2, 0.25) is 0 Å². The Bertz CT molecular complexity index is 303. The number of aliphatic hydroxyl groups is 1. The topological polar surface area (TPSA) is 80.2 Å². The average molecular weight is 479 g/mol. The molecular formula is C28H66N2O3. The highest BCUT2D eigenvalue weighted by molar-refractivity contribution is 4.50. The molecule has 3 N–H and O–H groups in total. The number of rotatable bonds is 21. The first kappa shape index (κ1) is 40.0. The summed E-state index contributed by atoms with van der Waals surface area (Å²) in [7, 11) is 0. The fourth-order valence-corrected chi connectivity index (χ4v) is 5.28. The van der Waals surface area contributed by atoms with Crippen molar-refractivity contribution in [3.05, 3.63) is 0 Å². The van der Waals surface area contributed by atoms with Crippen molar-refractivity contribution in [2.45, 2.75) is 126 Å². The third-order valence-electron chi connectivity index (χ3n) is 6.79. The molecule has 5 nitrogen and oxygen atoms in total. The summed E-state index contributed by atoms with van der Waals surface area (Å²) in [5.74, 6) is 0. The predicted octanol–water partition coefficient (Wildman–Crippen LogP) is 7.07. The third kappa shape index (κ3) is 20.9. The van der Waals surface area contributed by atoms with Gasteiger partial charge < -0.3 is 25.0 Å². The van der Waals surface area contributed by atoms with Crippen LogP contribution in [-0.4, -0.2) is 84.0 Å². The van der Waals surface area contributed by atoms with Gasteiger partial charge in [-0.05, 0) is 57.8 Å². The van der Waals surface area contributed by atoms with E-state index in [9.17, 15) is 0 Å². The van der Waals surface area contributed by atoms with Gasteiger partial charge in [-0.1, -0.05) is 67.7 Å². The second-order valence-corrected chi connectivity index (χ2v) is 9.96. The van der Waals surface area contributed by atoms with Gasteiger partial charge in [0, 0.05) is 6.61 Å². The first-order chi connectivity index (χ1) is 15.0. The third-order valence-corrected chi connectivity index (χ3v) is 6.79. The number of aliphatic hydroxyl groups excluding tert-OH is 1. The highest BCUT2D eigenvalue weighted by Crippen LogP contribution is 2.16. The summed E-state index contributed by atoms with van der Waals surface area (Å²) >= 11 is 0. The Morgan fingerprint density at radius 1 is 0.364 bits per heavy atom. The van der Waals surface area contributed by atoms with E-state index >= 15 is 0 Å². The van der Waals surface area contributed by atoms with E-state index < -0.39 is 0 Å². The van der Waals surface area contributed by atoms with Crippen LogP contribution in [0.3, 0.4) is 0 Å². The lowest BCUT2D eigenvalue weighted by Crippen LogP contribution is -2.50. The molecule has 0 aromatic carbocycles. The number of nitrogens with zero attached hydrogens (tertiary/aromatic N) is 2. The zero-order valence-electron chi connectivity index (χ0n) is 24.1. The summed E-state index contributed by atoms with van der Waals surface area (Å²) in [4.78, 5) is 0. The molecule has 0 spiro atoms. The average Bonchev–Trinajstić information content (AvgIpc) is 2.76. The van der Waals surface area contributed by atoms with Crippen LogP contribution in [0.4, 0.5) is 0 Å². The van der Waals surface area contributed by atoms with Crippen molar-refractivity contribution in [1.82, 2.24) is 0 Å². The van der Waals surface area contributed by atoms with Gasteiger partial charge in [0.25, 0.3) is 0 Å². The second kappa shape index (κ2) is 28.0. The molecule has 0 amide bonds. The molecule has 0 atom stereocenters. The van der Waals surface area contributed by atoms with E-state index in [1.807, 2.05) is 0 Å². The first-order valence-electron chi connectivity index (χ1n) is 14.3. The minimum atomic E-state index is 0. The minimum Gasteiger partial charge on any atom is -0.870 e. The number of hydrogen-bond donors (Lipinski definition) is 1. The van der Waals surface area contributed by atoms with Crippen LogP contribution in [0, 0.1) is 0 Å². The summed E-state index contributed by atoms with van der Waals surface area (Å²) < 4.78 is 2.69. The maximum Gasteiger partial charge on any atom is 0.0787 e. The van der Waals surface area contributed by atoms with E-state index in [0.29, 0.717) is 6.61 Å². The Morgan fingerprint density at radius 3 is 0.879 bits per heavy atom. The van der Waals surface area contributed by atoms with Crippen LogP contribution >= 0.6 is 0 Å². The maximum absolute atomic E-state index is 8.98. The molecule has 0 saturated carbocycles. The van der Waals surface area contributed by atoms with Gasteiger partial charge in [0.15, 0.2) is 0 Å². The molecule has 5 heteroatoms. The molecular weight excluding hydrogens is 412 g/mol. The molecule has 206 valence electrons. The van der Waals surface area contributed by atoms with Gasteiger partial charge >= 0.3 is 0 Å². The number of hydrogen-bond acceptors (Lipinski definition) is 3. The predicted molar refractivity (Wildman–Crippen MR) is 146 cm³/mol. The van der Waals surface area contributed by atoms with E-state index in [-0.39, 0.29) is 11.0 Å². The Morgan fingerprint density at radius 2 is 0.636 bits per heavy atom. The lowest BCUT2D eigenvalue weighted by Gasteiger charge is -2.39. The molecule has 0 aromatic heterocycles. The monoisotopic (exact) mass is 479 g/mol. The molecule has 0 fully saturated rings. The Labute approximate surface area is 209 Å². The molecule has 0 heterocycles. The normalized spacial score (nSPS) is 11.3. The van der Waals surface area contributed by atoms with Crippen molar-refractivity contribution in [3.63, 3.8) is 0 Å². The number of unbranched alkanes of at least 4 members (excludes halogenated alkanes) is 4. The summed E-state index contributed by atoms with van der Waals surface area (Å²) in [6.45, 7) is 27.4. The highest BCUT2D eigenvalue weighted by atomic mass is 16.2. The number of quaternary nitrogens is 2. The summed E-state index contributed by atoms with van der Waals surface area (Å²) in [5, 5.41) is 8.98. The lowest BCUT2D eigenvalue weighted by atomic mass is 10.1. The fourth-order valence-electron chi connectivity index (χ4n) is 5.28. The van der Waals surface area contributed by atoms with Gasteiger partial charge in [-0.2, -0.15) is 0 Å². The van der Waals surface area contributed by atoms with Crippen molar-refractivity contribution >= 4 is 0 Å². The van der Waals surface area contributed by atoms with Crippen molar-refractivity contribution in [3.8, 4) is 0 Å². The molecule has 0 bridgehead atoms. The molecule has 33 heavy (non-hydrogen) atoms. The quantitative estimate of drug-likeness (QED) is 0.141.